The van der Waals surface area contributed by atoms with Crippen molar-refractivity contribution in [1.29, 1.82) is 0 Å². The largest absolute Gasteiger partial charge is 0.467 e. The summed E-state index contributed by atoms with van der Waals surface area (Å²) in [5, 5.41) is 2.76. The van der Waals surface area contributed by atoms with Gasteiger partial charge in [-0.25, -0.2) is 8.42 Å². The highest BCUT2D eigenvalue weighted by Crippen LogP contribution is 2.53. The van der Waals surface area contributed by atoms with Crippen molar-refractivity contribution in [2.45, 2.75) is 57.5 Å². The van der Waals surface area contributed by atoms with E-state index in [1.165, 1.54) is 6.07 Å². The minimum absolute atomic E-state index is 0.0114. The number of fused-ring (bicyclic) bond motifs is 2. The summed E-state index contributed by atoms with van der Waals surface area (Å²) in [6.07, 6.45) is 4.34. The number of sulfonamides is 1. The smallest absolute Gasteiger partial charge is 0.251 e. The van der Waals surface area contributed by atoms with Crippen LogP contribution in [0.4, 0.5) is 0 Å². The van der Waals surface area contributed by atoms with Crippen molar-refractivity contribution in [3.63, 3.8) is 0 Å². The van der Waals surface area contributed by atoms with E-state index < -0.39 is 10.0 Å². The molecule has 2 aliphatic rings. The van der Waals surface area contributed by atoms with E-state index in [4.69, 9.17) is 4.42 Å². The summed E-state index contributed by atoms with van der Waals surface area (Å²) in [6, 6.07) is 9.85. The first-order valence-corrected chi connectivity index (χ1v) is 11.4. The van der Waals surface area contributed by atoms with Crippen molar-refractivity contribution in [1.82, 2.24) is 9.62 Å². The molecule has 1 aromatic heterocycles. The summed E-state index contributed by atoms with van der Waals surface area (Å²) < 4.78 is 33.7. The predicted octanol–water partition coefficient (Wildman–Crippen LogP) is 3.80. The molecule has 2 bridgehead atoms. The lowest BCUT2D eigenvalue weighted by Gasteiger charge is -2.39. The van der Waals surface area contributed by atoms with Gasteiger partial charge in [-0.3, -0.25) is 4.79 Å². The number of hydrogen-bond donors (Lipinski definition) is 1. The Balaban J connectivity index is 1.55. The van der Waals surface area contributed by atoms with Crippen LogP contribution in [0.1, 0.15) is 56.2 Å². The van der Waals surface area contributed by atoms with E-state index in [0.29, 0.717) is 17.9 Å². The molecule has 0 radical (unpaired) electrons. The molecular formula is C22H28N2O4S. The third-order valence-electron chi connectivity index (χ3n) is 6.07. The van der Waals surface area contributed by atoms with Gasteiger partial charge in [0.1, 0.15) is 5.76 Å². The summed E-state index contributed by atoms with van der Waals surface area (Å²) >= 11 is 0. The van der Waals surface area contributed by atoms with Gasteiger partial charge in [-0.1, -0.05) is 26.8 Å². The number of furan rings is 1. The third kappa shape index (κ3) is 3.98. The molecule has 1 N–H and O–H groups in total. The van der Waals surface area contributed by atoms with Gasteiger partial charge in [-0.2, -0.15) is 4.31 Å². The first-order valence-electron chi connectivity index (χ1n) is 10.0. The maximum Gasteiger partial charge on any atom is 0.251 e. The lowest BCUT2D eigenvalue weighted by atomic mass is 9.65. The molecule has 1 amide bonds. The number of amides is 1. The molecule has 1 saturated carbocycles. The van der Waals surface area contributed by atoms with E-state index >= 15 is 0 Å². The van der Waals surface area contributed by atoms with Crippen LogP contribution in [0.5, 0.6) is 0 Å². The van der Waals surface area contributed by atoms with Gasteiger partial charge >= 0.3 is 0 Å². The van der Waals surface area contributed by atoms with Crippen LogP contribution in [-0.4, -0.2) is 31.2 Å². The van der Waals surface area contributed by atoms with Crippen molar-refractivity contribution >= 4 is 15.9 Å². The molecule has 2 aromatic rings. The zero-order valence-electron chi connectivity index (χ0n) is 17.1. The summed E-state index contributed by atoms with van der Waals surface area (Å²) in [4.78, 5) is 12.7. The number of nitrogens with one attached hydrogen (secondary N) is 1. The van der Waals surface area contributed by atoms with Crippen LogP contribution in [0.25, 0.3) is 0 Å². The lowest BCUT2D eigenvalue weighted by Crippen LogP contribution is -2.37. The molecule has 4 rings (SSSR count). The van der Waals surface area contributed by atoms with Gasteiger partial charge in [-0.15, -0.1) is 0 Å². The zero-order valence-corrected chi connectivity index (χ0v) is 18.0. The summed E-state index contributed by atoms with van der Waals surface area (Å²) in [6.45, 7) is 7.42. The van der Waals surface area contributed by atoms with Crippen LogP contribution in [0, 0.1) is 10.8 Å². The second-order valence-corrected chi connectivity index (χ2v) is 11.4. The van der Waals surface area contributed by atoms with Crippen LogP contribution in [0.3, 0.4) is 0 Å². The minimum atomic E-state index is -3.66. The first-order chi connectivity index (χ1) is 13.6. The highest BCUT2D eigenvalue weighted by Gasteiger charge is 2.53. The van der Waals surface area contributed by atoms with Gasteiger partial charge in [0.15, 0.2) is 0 Å². The molecule has 1 aliphatic heterocycles. The molecule has 29 heavy (non-hydrogen) atoms. The molecule has 0 unspecified atom stereocenters. The van der Waals surface area contributed by atoms with E-state index in [-0.39, 0.29) is 34.2 Å². The summed E-state index contributed by atoms with van der Waals surface area (Å²) in [5.74, 6) is 0.314. The molecule has 1 aromatic carbocycles. The minimum Gasteiger partial charge on any atom is -0.467 e. The molecule has 2 fully saturated rings. The fraction of sp³-hybridized carbons (Fsp3) is 0.500. The van der Waals surface area contributed by atoms with Crippen LogP contribution < -0.4 is 5.32 Å². The Bertz CT molecular complexity index is 1010. The van der Waals surface area contributed by atoms with Gasteiger partial charge in [0.2, 0.25) is 10.0 Å². The fourth-order valence-corrected chi connectivity index (χ4v) is 7.13. The SMILES string of the molecule is CC1(C)C[C@@H]2C[C@@](C)(CN2S(=O)(=O)c2cccc(C(=O)NCc3ccco3)c2)C1. The Labute approximate surface area is 172 Å². The van der Waals surface area contributed by atoms with Crippen LogP contribution in [0.2, 0.25) is 0 Å². The third-order valence-corrected chi connectivity index (χ3v) is 7.97. The highest BCUT2D eigenvalue weighted by molar-refractivity contribution is 7.89. The average Bonchev–Trinajstić information content (AvgIpc) is 3.24. The van der Waals surface area contributed by atoms with Gasteiger partial charge < -0.3 is 9.73 Å². The van der Waals surface area contributed by atoms with E-state index in [1.807, 2.05) is 0 Å². The fourth-order valence-electron chi connectivity index (χ4n) is 5.30. The van der Waals surface area contributed by atoms with Crippen molar-refractivity contribution in [3.8, 4) is 0 Å². The zero-order chi connectivity index (χ0) is 20.9. The van der Waals surface area contributed by atoms with Gasteiger partial charge in [0.25, 0.3) is 5.91 Å². The number of rotatable bonds is 5. The number of carbonyl (C=O) groups excluding carboxylic acids is 1. The Morgan fingerprint density at radius 1 is 1.21 bits per heavy atom. The van der Waals surface area contributed by atoms with E-state index in [0.717, 1.165) is 19.3 Å². The number of benzene rings is 1. The summed E-state index contributed by atoms with van der Waals surface area (Å²) in [7, 11) is -3.66. The number of nitrogens with zero attached hydrogens (tertiary/aromatic N) is 1. The number of carbonyl (C=O) groups is 1. The van der Waals surface area contributed by atoms with Crippen LogP contribution in [-0.2, 0) is 16.6 Å². The van der Waals surface area contributed by atoms with E-state index in [9.17, 15) is 13.2 Å². The molecule has 2 atom stereocenters. The van der Waals surface area contributed by atoms with Gasteiger partial charge in [-0.05, 0) is 60.4 Å². The Hall–Kier alpha value is -2.12. The van der Waals surface area contributed by atoms with Crippen molar-refractivity contribution < 1.29 is 17.6 Å². The molecule has 0 spiro atoms. The molecule has 156 valence electrons. The average molecular weight is 417 g/mol. The maximum absolute atomic E-state index is 13.4. The lowest BCUT2D eigenvalue weighted by molar-refractivity contribution is 0.0947. The molecule has 1 aliphatic carbocycles. The highest BCUT2D eigenvalue weighted by atomic mass is 32.2. The first kappa shape index (κ1) is 20.2. The topological polar surface area (TPSA) is 79.6 Å². The normalized spacial score (nSPS) is 26.4. The Morgan fingerprint density at radius 2 is 2.00 bits per heavy atom. The number of hydrogen-bond acceptors (Lipinski definition) is 4. The quantitative estimate of drug-likeness (QED) is 0.804. The molecular weight excluding hydrogens is 388 g/mol. The van der Waals surface area contributed by atoms with E-state index in [1.54, 1.807) is 40.9 Å². The van der Waals surface area contributed by atoms with Crippen LogP contribution in [0.15, 0.2) is 52.0 Å². The monoisotopic (exact) mass is 416 g/mol. The second kappa shape index (κ2) is 6.99. The Kier molecular flexibility index (Phi) is 4.86. The Morgan fingerprint density at radius 3 is 2.72 bits per heavy atom. The van der Waals surface area contributed by atoms with Crippen molar-refractivity contribution in [2.75, 3.05) is 6.54 Å². The van der Waals surface area contributed by atoms with E-state index in [2.05, 4.69) is 26.1 Å². The van der Waals surface area contributed by atoms with Crippen LogP contribution >= 0.6 is 0 Å². The van der Waals surface area contributed by atoms with Crippen molar-refractivity contribution in [2.24, 2.45) is 10.8 Å². The predicted molar refractivity (Wildman–Crippen MR) is 110 cm³/mol. The molecule has 6 nitrogen and oxygen atoms in total. The maximum atomic E-state index is 13.4. The van der Waals surface area contributed by atoms with Crippen molar-refractivity contribution in [3.05, 3.63) is 54.0 Å². The molecule has 1 saturated heterocycles. The second-order valence-electron chi connectivity index (χ2n) is 9.55. The molecule has 7 heteroatoms. The standard InChI is InChI=1S/C22H28N2O4S/c1-21(2)11-17-12-22(3,14-21)15-24(17)29(26,27)19-8-4-6-16(10-19)20(25)23-13-18-7-5-9-28-18/h4-10,17H,11-15H2,1-3H3,(H,23,25)/t17-,22-/m1/s1. The van der Waals surface area contributed by atoms with Gasteiger partial charge in [0, 0.05) is 18.2 Å². The summed E-state index contributed by atoms with van der Waals surface area (Å²) in [5.41, 5.74) is 0.471. The molecule has 2 heterocycles. The van der Waals surface area contributed by atoms with Gasteiger partial charge in [0.05, 0.1) is 17.7 Å².